The van der Waals surface area contributed by atoms with Crippen LogP contribution >= 0.6 is 23.6 Å². The smallest absolute Gasteiger partial charge is 0.0728 e. The van der Waals surface area contributed by atoms with Gasteiger partial charge in [0.15, 0.2) is 0 Å². The van der Waals surface area contributed by atoms with Crippen molar-refractivity contribution in [2.24, 2.45) is 5.73 Å². The van der Waals surface area contributed by atoms with Crippen LogP contribution in [0.25, 0.3) is 0 Å². The largest absolute Gasteiger partial charge is 0.393 e. The minimum atomic E-state index is 0.576. The van der Waals surface area contributed by atoms with Gasteiger partial charge in [0.05, 0.1) is 11.6 Å². The summed E-state index contributed by atoms with van der Waals surface area (Å²) >= 11 is 6.53. The van der Waals surface area contributed by atoms with Crippen molar-refractivity contribution in [1.82, 2.24) is 0 Å². The molecule has 0 atom stereocenters. The van der Waals surface area contributed by atoms with Crippen LogP contribution in [-0.4, -0.2) is 18.2 Å². The standard InChI is InChI=1S/C10H15NOS2/c11-10(13)4-1-6-12-7-5-9-3-2-8-14-9/h2-3,8H,1,4-7H2,(H2,11,13). The van der Waals surface area contributed by atoms with Gasteiger partial charge in [0.25, 0.3) is 0 Å². The van der Waals surface area contributed by atoms with Crippen molar-refractivity contribution in [2.75, 3.05) is 13.2 Å². The molecule has 0 aliphatic rings. The van der Waals surface area contributed by atoms with E-state index in [0.29, 0.717) is 4.99 Å². The topological polar surface area (TPSA) is 35.2 Å². The van der Waals surface area contributed by atoms with E-state index in [9.17, 15) is 0 Å². The molecule has 0 saturated heterocycles. The molecule has 0 radical (unpaired) electrons. The number of ether oxygens (including phenoxy) is 1. The Balaban J connectivity index is 1.92. The Bertz CT molecular complexity index is 259. The van der Waals surface area contributed by atoms with Gasteiger partial charge >= 0.3 is 0 Å². The fourth-order valence-corrected chi connectivity index (χ4v) is 1.91. The van der Waals surface area contributed by atoms with Gasteiger partial charge in [-0.3, -0.25) is 0 Å². The summed E-state index contributed by atoms with van der Waals surface area (Å²) in [5.41, 5.74) is 5.36. The van der Waals surface area contributed by atoms with Gasteiger partial charge in [0.1, 0.15) is 0 Å². The van der Waals surface area contributed by atoms with Crippen LogP contribution in [0.3, 0.4) is 0 Å². The molecule has 0 saturated carbocycles. The van der Waals surface area contributed by atoms with Crippen LogP contribution < -0.4 is 5.73 Å². The van der Waals surface area contributed by atoms with E-state index in [2.05, 4.69) is 17.5 Å². The minimum Gasteiger partial charge on any atom is -0.393 e. The third-order valence-electron chi connectivity index (χ3n) is 1.78. The molecule has 0 unspecified atom stereocenters. The summed E-state index contributed by atoms with van der Waals surface area (Å²) in [4.78, 5) is 1.95. The van der Waals surface area contributed by atoms with Gasteiger partial charge in [-0.25, -0.2) is 0 Å². The lowest BCUT2D eigenvalue weighted by Crippen LogP contribution is -2.09. The molecule has 1 aromatic rings. The molecule has 0 bridgehead atoms. The highest BCUT2D eigenvalue weighted by Crippen LogP contribution is 2.08. The normalized spacial score (nSPS) is 10.3. The summed E-state index contributed by atoms with van der Waals surface area (Å²) in [6.45, 7) is 1.54. The zero-order valence-corrected chi connectivity index (χ0v) is 9.70. The lowest BCUT2D eigenvalue weighted by atomic mass is 10.3. The molecule has 0 aromatic carbocycles. The molecule has 0 fully saturated rings. The van der Waals surface area contributed by atoms with Gasteiger partial charge in [0, 0.05) is 17.9 Å². The van der Waals surface area contributed by atoms with E-state index in [-0.39, 0.29) is 0 Å². The van der Waals surface area contributed by atoms with E-state index < -0.39 is 0 Å². The highest BCUT2D eigenvalue weighted by molar-refractivity contribution is 7.80. The summed E-state index contributed by atoms with van der Waals surface area (Å²) < 4.78 is 5.45. The Morgan fingerprint density at radius 1 is 1.50 bits per heavy atom. The Morgan fingerprint density at radius 3 is 3.00 bits per heavy atom. The fraction of sp³-hybridized carbons (Fsp3) is 0.500. The number of hydrogen-bond donors (Lipinski definition) is 1. The van der Waals surface area contributed by atoms with E-state index >= 15 is 0 Å². The molecule has 1 aromatic heterocycles. The molecule has 4 heteroatoms. The van der Waals surface area contributed by atoms with Crippen LogP contribution in [0, 0.1) is 0 Å². The van der Waals surface area contributed by atoms with Crippen LogP contribution in [0.15, 0.2) is 17.5 Å². The van der Waals surface area contributed by atoms with Gasteiger partial charge in [-0.15, -0.1) is 11.3 Å². The van der Waals surface area contributed by atoms with E-state index in [1.54, 1.807) is 11.3 Å². The minimum absolute atomic E-state index is 0.576. The molecule has 78 valence electrons. The van der Waals surface area contributed by atoms with Gasteiger partial charge in [0.2, 0.25) is 0 Å². The molecule has 14 heavy (non-hydrogen) atoms. The van der Waals surface area contributed by atoms with Crippen LogP contribution in [0.5, 0.6) is 0 Å². The van der Waals surface area contributed by atoms with E-state index in [1.807, 2.05) is 0 Å². The predicted molar refractivity (Wildman–Crippen MR) is 64.9 cm³/mol. The second-order valence-electron chi connectivity index (χ2n) is 3.01. The van der Waals surface area contributed by atoms with Crippen molar-refractivity contribution in [1.29, 1.82) is 0 Å². The molecule has 1 rings (SSSR count). The van der Waals surface area contributed by atoms with Crippen molar-refractivity contribution in [3.05, 3.63) is 22.4 Å². The molecule has 2 nitrogen and oxygen atoms in total. The van der Waals surface area contributed by atoms with Crippen molar-refractivity contribution < 1.29 is 4.74 Å². The first-order chi connectivity index (χ1) is 6.79. The Hall–Kier alpha value is -0.450. The second kappa shape index (κ2) is 6.92. The van der Waals surface area contributed by atoms with Gasteiger partial charge < -0.3 is 10.5 Å². The Labute approximate surface area is 94.1 Å². The third kappa shape index (κ3) is 5.32. The van der Waals surface area contributed by atoms with Crippen molar-refractivity contribution in [3.63, 3.8) is 0 Å². The van der Waals surface area contributed by atoms with Gasteiger partial charge in [-0.05, 0) is 24.3 Å². The Morgan fingerprint density at radius 2 is 2.36 bits per heavy atom. The van der Waals surface area contributed by atoms with Crippen molar-refractivity contribution >= 4 is 28.5 Å². The quantitative estimate of drug-likeness (QED) is 0.576. The molecule has 0 aliphatic carbocycles. The lowest BCUT2D eigenvalue weighted by Gasteiger charge is -2.02. The molecule has 2 N–H and O–H groups in total. The number of rotatable bonds is 7. The first kappa shape index (κ1) is 11.6. The summed E-state index contributed by atoms with van der Waals surface area (Å²) in [5.74, 6) is 0. The van der Waals surface area contributed by atoms with Crippen LogP contribution in [0.4, 0.5) is 0 Å². The number of nitrogens with two attached hydrogens (primary N) is 1. The molecule has 1 heterocycles. The fourth-order valence-electron chi connectivity index (χ4n) is 1.08. The summed E-state index contributed by atoms with van der Waals surface area (Å²) in [5, 5.41) is 2.09. The van der Waals surface area contributed by atoms with E-state index in [1.165, 1.54) is 4.88 Å². The van der Waals surface area contributed by atoms with Gasteiger partial charge in [-0.1, -0.05) is 18.3 Å². The summed E-state index contributed by atoms with van der Waals surface area (Å²) in [7, 11) is 0. The van der Waals surface area contributed by atoms with Crippen LogP contribution in [0.2, 0.25) is 0 Å². The predicted octanol–water partition coefficient (Wildman–Crippen LogP) is 2.37. The first-order valence-electron chi connectivity index (χ1n) is 4.67. The maximum atomic E-state index is 5.45. The molecular weight excluding hydrogens is 214 g/mol. The zero-order chi connectivity index (χ0) is 10.2. The lowest BCUT2D eigenvalue weighted by molar-refractivity contribution is 0.136. The number of hydrogen-bond acceptors (Lipinski definition) is 3. The molecule has 0 aliphatic heterocycles. The number of thiocarbonyl (C=S) groups is 1. The Kier molecular flexibility index (Phi) is 5.75. The average molecular weight is 229 g/mol. The van der Waals surface area contributed by atoms with Crippen molar-refractivity contribution in [2.45, 2.75) is 19.3 Å². The monoisotopic (exact) mass is 229 g/mol. The molecule has 0 spiro atoms. The number of thiophene rings is 1. The highest BCUT2D eigenvalue weighted by Gasteiger charge is 1.94. The zero-order valence-electron chi connectivity index (χ0n) is 8.07. The average Bonchev–Trinajstić information content (AvgIpc) is 2.63. The molecular formula is C10H15NOS2. The maximum Gasteiger partial charge on any atom is 0.0728 e. The van der Waals surface area contributed by atoms with E-state index in [0.717, 1.165) is 32.5 Å². The summed E-state index contributed by atoms with van der Waals surface area (Å²) in [6.07, 6.45) is 2.72. The van der Waals surface area contributed by atoms with Crippen LogP contribution in [-0.2, 0) is 11.2 Å². The summed E-state index contributed by atoms with van der Waals surface area (Å²) in [6, 6.07) is 4.19. The van der Waals surface area contributed by atoms with Gasteiger partial charge in [-0.2, -0.15) is 0 Å². The van der Waals surface area contributed by atoms with Crippen molar-refractivity contribution in [3.8, 4) is 0 Å². The second-order valence-corrected chi connectivity index (χ2v) is 4.57. The van der Waals surface area contributed by atoms with E-state index in [4.69, 9.17) is 22.7 Å². The maximum absolute atomic E-state index is 5.45. The first-order valence-corrected chi connectivity index (χ1v) is 5.96. The SMILES string of the molecule is NC(=S)CCCOCCc1cccs1. The molecule has 0 amide bonds. The van der Waals surface area contributed by atoms with Crippen LogP contribution in [0.1, 0.15) is 17.7 Å². The highest BCUT2D eigenvalue weighted by atomic mass is 32.1. The third-order valence-corrected chi connectivity index (χ3v) is 2.93.